The normalized spacial score (nSPS) is 17.4. The molecule has 19 heavy (non-hydrogen) atoms. The second-order valence-electron chi connectivity index (χ2n) is 4.34. The van der Waals surface area contributed by atoms with E-state index in [0.29, 0.717) is 18.4 Å². The number of carbonyl (C=O) groups excluding carboxylic acids is 1. The molecule has 1 aliphatic rings. The predicted octanol–water partition coefficient (Wildman–Crippen LogP) is 0.234. The van der Waals surface area contributed by atoms with E-state index in [9.17, 15) is 14.6 Å². The van der Waals surface area contributed by atoms with Crippen molar-refractivity contribution >= 4 is 19.0 Å². The van der Waals surface area contributed by atoms with Crippen molar-refractivity contribution in [2.45, 2.75) is 25.7 Å². The Morgan fingerprint density at radius 2 is 2.26 bits per heavy atom. The zero-order chi connectivity index (χ0) is 14.0. The molecule has 0 saturated carbocycles. The van der Waals surface area contributed by atoms with E-state index in [0.717, 1.165) is 0 Å². The predicted molar refractivity (Wildman–Crippen MR) is 67.9 cm³/mol. The third kappa shape index (κ3) is 2.71. The van der Waals surface area contributed by atoms with Crippen molar-refractivity contribution in [3.05, 3.63) is 29.3 Å². The molecule has 3 N–H and O–H groups in total. The lowest BCUT2D eigenvalue weighted by atomic mass is 9.72. The number of rotatable bonds is 3. The number of para-hydroxylation sites is 1. The van der Waals surface area contributed by atoms with Gasteiger partial charge in [-0.3, -0.25) is 4.79 Å². The number of carboxylic acids is 1. The quantitative estimate of drug-likeness (QED) is 0.678. The van der Waals surface area contributed by atoms with E-state index in [1.54, 1.807) is 19.1 Å². The van der Waals surface area contributed by atoms with Crippen LogP contribution >= 0.6 is 0 Å². The summed E-state index contributed by atoms with van der Waals surface area (Å²) in [6.07, 6.45) is 0.647. The van der Waals surface area contributed by atoms with Gasteiger partial charge in [0.05, 0.1) is 11.5 Å². The maximum absolute atomic E-state index is 11.3. The van der Waals surface area contributed by atoms with Gasteiger partial charge in [0.25, 0.3) is 0 Å². The molecule has 2 rings (SSSR count). The van der Waals surface area contributed by atoms with Gasteiger partial charge in [-0.05, 0) is 18.1 Å². The second kappa shape index (κ2) is 5.32. The summed E-state index contributed by atoms with van der Waals surface area (Å²) in [5.41, 5.74) is 0.670. The summed E-state index contributed by atoms with van der Waals surface area (Å²) < 4.78 is 5.24. The molecule has 1 amide bonds. The third-order valence-corrected chi connectivity index (χ3v) is 3.02. The molecule has 0 fully saturated rings. The van der Waals surface area contributed by atoms with Gasteiger partial charge in [0.1, 0.15) is 5.75 Å². The number of carbonyl (C=O) groups is 2. The van der Waals surface area contributed by atoms with Crippen LogP contribution in [0.2, 0.25) is 0 Å². The average molecular weight is 263 g/mol. The monoisotopic (exact) mass is 263 g/mol. The molecule has 0 aromatic heterocycles. The minimum Gasteiger partial charge on any atom is -0.534 e. The van der Waals surface area contributed by atoms with Crippen molar-refractivity contribution < 1.29 is 24.4 Å². The first-order valence-corrected chi connectivity index (χ1v) is 6.02. The van der Waals surface area contributed by atoms with Gasteiger partial charge in [-0.15, -0.1) is 0 Å². The highest BCUT2D eigenvalue weighted by Crippen LogP contribution is 2.30. The maximum Gasteiger partial charge on any atom is 0.547 e. The van der Waals surface area contributed by atoms with Gasteiger partial charge in [-0.1, -0.05) is 19.1 Å². The van der Waals surface area contributed by atoms with E-state index < -0.39 is 19.0 Å². The molecule has 1 aliphatic heterocycles. The molecule has 6 nitrogen and oxygen atoms in total. The summed E-state index contributed by atoms with van der Waals surface area (Å²) in [4.78, 5) is 22.4. The van der Waals surface area contributed by atoms with Gasteiger partial charge in [-0.2, -0.15) is 0 Å². The van der Waals surface area contributed by atoms with Crippen molar-refractivity contribution in [2.24, 2.45) is 0 Å². The van der Waals surface area contributed by atoms with Crippen LogP contribution in [0, 0.1) is 0 Å². The molecule has 0 bridgehead atoms. The standard InChI is InChI=1S/C12H14BNO5/c1-2-10(15)14-9-6-7-4-3-5-8(12(16)17)11(7)19-13(9)18/h3-5,9,18H,2,6H2,1H3,(H,14,15)(H,16,17)/t9-/m0/s1. The van der Waals surface area contributed by atoms with Crippen molar-refractivity contribution in [2.75, 3.05) is 0 Å². The lowest BCUT2D eigenvalue weighted by Crippen LogP contribution is -2.53. The van der Waals surface area contributed by atoms with Gasteiger partial charge >= 0.3 is 13.1 Å². The molecule has 100 valence electrons. The Balaban J connectivity index is 2.26. The van der Waals surface area contributed by atoms with Crippen LogP contribution in [0.15, 0.2) is 18.2 Å². The van der Waals surface area contributed by atoms with Crippen LogP contribution in [0.25, 0.3) is 0 Å². The summed E-state index contributed by atoms with van der Waals surface area (Å²) in [5.74, 6) is -1.70. The van der Waals surface area contributed by atoms with Gasteiger partial charge in [0.2, 0.25) is 5.91 Å². The van der Waals surface area contributed by atoms with E-state index in [1.807, 2.05) is 0 Å². The van der Waals surface area contributed by atoms with E-state index in [1.165, 1.54) is 6.07 Å². The fourth-order valence-electron chi connectivity index (χ4n) is 2.02. The Labute approximate surface area is 110 Å². The van der Waals surface area contributed by atoms with Crippen LogP contribution in [0.4, 0.5) is 0 Å². The van der Waals surface area contributed by atoms with E-state index in [2.05, 4.69) is 5.32 Å². The van der Waals surface area contributed by atoms with Crippen LogP contribution in [0.1, 0.15) is 29.3 Å². The topological polar surface area (TPSA) is 95.9 Å². The summed E-state index contributed by atoms with van der Waals surface area (Å²) >= 11 is 0. The van der Waals surface area contributed by atoms with Crippen molar-refractivity contribution in [1.29, 1.82) is 0 Å². The summed E-state index contributed by atoms with van der Waals surface area (Å²) in [5, 5.41) is 21.5. The highest BCUT2D eigenvalue weighted by atomic mass is 16.5. The van der Waals surface area contributed by atoms with Crippen molar-refractivity contribution in [3.63, 3.8) is 0 Å². The zero-order valence-electron chi connectivity index (χ0n) is 10.4. The maximum atomic E-state index is 11.3. The number of hydrogen-bond acceptors (Lipinski definition) is 4. The Hall–Kier alpha value is -2.02. The fourth-order valence-corrected chi connectivity index (χ4v) is 2.02. The van der Waals surface area contributed by atoms with Gasteiger partial charge < -0.3 is 20.1 Å². The lowest BCUT2D eigenvalue weighted by molar-refractivity contribution is -0.121. The van der Waals surface area contributed by atoms with E-state index in [-0.39, 0.29) is 17.2 Å². The first kappa shape index (κ1) is 13.4. The van der Waals surface area contributed by atoms with Crippen LogP contribution in [-0.2, 0) is 11.2 Å². The van der Waals surface area contributed by atoms with Gasteiger partial charge in [0, 0.05) is 6.42 Å². The lowest BCUT2D eigenvalue weighted by Gasteiger charge is -2.28. The molecule has 1 aromatic rings. The van der Waals surface area contributed by atoms with Crippen LogP contribution in [0.3, 0.4) is 0 Å². The van der Waals surface area contributed by atoms with Gasteiger partial charge in [0.15, 0.2) is 0 Å². The number of benzene rings is 1. The second-order valence-corrected chi connectivity index (χ2v) is 4.34. The van der Waals surface area contributed by atoms with Gasteiger partial charge in [-0.25, -0.2) is 4.79 Å². The molecule has 1 aromatic carbocycles. The molecule has 0 saturated heterocycles. The minimum absolute atomic E-state index is 0.0109. The fraction of sp³-hybridized carbons (Fsp3) is 0.333. The Bertz CT molecular complexity index is 519. The number of fused-ring (bicyclic) bond motifs is 1. The number of carboxylic acid groups (broad SMARTS) is 1. The molecular weight excluding hydrogens is 249 g/mol. The third-order valence-electron chi connectivity index (χ3n) is 3.02. The first-order chi connectivity index (χ1) is 9.02. The number of aromatic carboxylic acids is 1. The summed E-state index contributed by atoms with van der Waals surface area (Å²) in [6, 6.07) is 4.75. The number of hydrogen-bond donors (Lipinski definition) is 3. The van der Waals surface area contributed by atoms with Crippen molar-refractivity contribution in [1.82, 2.24) is 5.32 Å². The molecule has 0 spiro atoms. The zero-order valence-corrected chi connectivity index (χ0v) is 10.4. The number of nitrogens with one attached hydrogen (secondary N) is 1. The molecular formula is C12H14BNO5. The van der Waals surface area contributed by atoms with Crippen LogP contribution in [-0.4, -0.2) is 35.1 Å². The Morgan fingerprint density at radius 3 is 2.89 bits per heavy atom. The van der Waals surface area contributed by atoms with Crippen LogP contribution in [0.5, 0.6) is 5.75 Å². The molecule has 1 atom stereocenters. The Morgan fingerprint density at radius 1 is 1.53 bits per heavy atom. The highest BCUT2D eigenvalue weighted by Gasteiger charge is 2.37. The van der Waals surface area contributed by atoms with E-state index in [4.69, 9.17) is 9.76 Å². The summed E-state index contributed by atoms with van der Waals surface area (Å²) in [7, 11) is -1.25. The van der Waals surface area contributed by atoms with Crippen LogP contribution < -0.4 is 9.97 Å². The molecule has 0 unspecified atom stereocenters. The minimum atomic E-state index is -1.25. The highest BCUT2D eigenvalue weighted by molar-refractivity contribution is 6.47. The van der Waals surface area contributed by atoms with Crippen molar-refractivity contribution in [3.8, 4) is 5.75 Å². The summed E-state index contributed by atoms with van der Waals surface area (Å²) in [6.45, 7) is 1.71. The molecule has 0 radical (unpaired) electrons. The smallest absolute Gasteiger partial charge is 0.534 e. The molecule has 7 heteroatoms. The molecule has 1 heterocycles. The Kier molecular flexibility index (Phi) is 3.75. The van der Waals surface area contributed by atoms with E-state index >= 15 is 0 Å². The first-order valence-electron chi connectivity index (χ1n) is 6.02. The average Bonchev–Trinajstić information content (AvgIpc) is 2.38. The molecule has 0 aliphatic carbocycles. The largest absolute Gasteiger partial charge is 0.547 e. The SMILES string of the molecule is CCC(=O)N[C@H]1Cc2cccc(C(=O)O)c2OB1O. The number of amides is 1.